The molecule has 1 aromatic rings. The summed E-state index contributed by atoms with van der Waals surface area (Å²) >= 11 is 1.45. The lowest BCUT2D eigenvalue weighted by molar-refractivity contribution is -0.120. The largest absolute Gasteiger partial charge is 0.377 e. The molecule has 17 heavy (non-hydrogen) atoms. The summed E-state index contributed by atoms with van der Waals surface area (Å²) in [6.07, 6.45) is 2.32. The van der Waals surface area contributed by atoms with Gasteiger partial charge in [0.15, 0.2) is 0 Å². The first-order valence-corrected chi connectivity index (χ1v) is 6.61. The van der Waals surface area contributed by atoms with Crippen molar-refractivity contribution in [2.75, 3.05) is 13.2 Å². The Morgan fingerprint density at radius 3 is 3.18 bits per heavy atom. The van der Waals surface area contributed by atoms with E-state index in [2.05, 4.69) is 10.3 Å². The van der Waals surface area contributed by atoms with Crippen LogP contribution in [0.1, 0.15) is 29.6 Å². The molecule has 1 aliphatic heterocycles. The van der Waals surface area contributed by atoms with Crippen LogP contribution in [-0.2, 0) is 9.53 Å². The summed E-state index contributed by atoms with van der Waals surface area (Å²) in [4.78, 5) is 15.7. The summed E-state index contributed by atoms with van der Waals surface area (Å²) in [5.41, 5.74) is 6.30. The maximum Gasteiger partial charge on any atom is 0.241 e. The molecule has 2 unspecified atom stereocenters. The van der Waals surface area contributed by atoms with E-state index in [4.69, 9.17) is 10.5 Å². The minimum absolute atomic E-state index is 0.193. The second-order valence-electron chi connectivity index (χ2n) is 4.21. The fourth-order valence-corrected chi connectivity index (χ4v) is 2.75. The van der Waals surface area contributed by atoms with Crippen LogP contribution in [0.5, 0.6) is 0 Å². The average Bonchev–Trinajstić information content (AvgIpc) is 2.90. The summed E-state index contributed by atoms with van der Waals surface area (Å²) in [6.45, 7) is 3.36. The standard InChI is InChI=1S/C11H17N3O2S/c1-7-6-17-11(14-7)9(10(12)15)13-5-8-3-2-4-16-8/h6,8-9,13H,2-5H2,1H3,(H2,12,15). The maximum atomic E-state index is 11.4. The van der Waals surface area contributed by atoms with Crippen LogP contribution in [0, 0.1) is 6.92 Å². The van der Waals surface area contributed by atoms with Crippen molar-refractivity contribution in [3.05, 3.63) is 16.1 Å². The van der Waals surface area contributed by atoms with Crippen molar-refractivity contribution in [3.8, 4) is 0 Å². The van der Waals surface area contributed by atoms with Gasteiger partial charge in [-0.25, -0.2) is 4.98 Å². The number of ether oxygens (including phenoxy) is 1. The molecule has 1 saturated heterocycles. The molecule has 2 rings (SSSR count). The molecule has 1 amide bonds. The van der Waals surface area contributed by atoms with E-state index in [0.717, 1.165) is 30.2 Å². The molecule has 5 nitrogen and oxygen atoms in total. The highest BCUT2D eigenvalue weighted by molar-refractivity contribution is 7.09. The molecule has 0 spiro atoms. The van der Waals surface area contributed by atoms with E-state index in [9.17, 15) is 4.79 Å². The van der Waals surface area contributed by atoms with Gasteiger partial charge in [0.2, 0.25) is 5.91 Å². The quantitative estimate of drug-likeness (QED) is 0.814. The first kappa shape index (κ1) is 12.5. The summed E-state index contributed by atoms with van der Waals surface area (Å²) in [7, 11) is 0. The van der Waals surface area contributed by atoms with Gasteiger partial charge < -0.3 is 10.5 Å². The number of aryl methyl sites for hydroxylation is 1. The van der Waals surface area contributed by atoms with Gasteiger partial charge in [-0.05, 0) is 19.8 Å². The topological polar surface area (TPSA) is 77.2 Å². The number of nitrogens with two attached hydrogens (primary N) is 1. The highest BCUT2D eigenvalue weighted by atomic mass is 32.1. The number of thiazole rings is 1. The number of rotatable bonds is 5. The lowest BCUT2D eigenvalue weighted by Crippen LogP contribution is -2.37. The summed E-state index contributed by atoms with van der Waals surface area (Å²) in [5, 5.41) is 5.78. The lowest BCUT2D eigenvalue weighted by Gasteiger charge is -2.16. The molecule has 3 N–H and O–H groups in total. The van der Waals surface area contributed by atoms with Crippen LogP contribution in [0.4, 0.5) is 0 Å². The lowest BCUT2D eigenvalue weighted by atomic mass is 10.2. The molecule has 6 heteroatoms. The zero-order valence-electron chi connectivity index (χ0n) is 9.81. The van der Waals surface area contributed by atoms with Gasteiger partial charge >= 0.3 is 0 Å². The Labute approximate surface area is 104 Å². The summed E-state index contributed by atoms with van der Waals surface area (Å²) < 4.78 is 5.49. The number of hydrogen-bond acceptors (Lipinski definition) is 5. The van der Waals surface area contributed by atoms with E-state index in [1.165, 1.54) is 11.3 Å². The molecule has 0 bridgehead atoms. The number of primary amides is 1. The Morgan fingerprint density at radius 2 is 2.65 bits per heavy atom. The predicted molar refractivity (Wildman–Crippen MR) is 65.8 cm³/mol. The molecule has 2 atom stereocenters. The number of amides is 1. The number of hydrogen-bond donors (Lipinski definition) is 2. The van der Waals surface area contributed by atoms with Gasteiger partial charge in [0.05, 0.1) is 6.10 Å². The Morgan fingerprint density at radius 1 is 1.82 bits per heavy atom. The normalized spacial score (nSPS) is 21.6. The molecule has 2 heterocycles. The molecule has 94 valence electrons. The third-order valence-corrected chi connectivity index (χ3v) is 3.77. The van der Waals surface area contributed by atoms with E-state index in [0.29, 0.717) is 6.54 Å². The fraction of sp³-hybridized carbons (Fsp3) is 0.636. The van der Waals surface area contributed by atoms with Crippen LogP contribution in [0.2, 0.25) is 0 Å². The fourth-order valence-electron chi connectivity index (χ4n) is 1.87. The molecule has 1 aliphatic rings. The van der Waals surface area contributed by atoms with Gasteiger partial charge in [-0.2, -0.15) is 0 Å². The van der Waals surface area contributed by atoms with Crippen LogP contribution in [0.3, 0.4) is 0 Å². The molecule has 0 radical (unpaired) electrons. The van der Waals surface area contributed by atoms with E-state index in [1.807, 2.05) is 12.3 Å². The molecule has 0 aliphatic carbocycles. The first-order valence-electron chi connectivity index (χ1n) is 5.73. The Balaban J connectivity index is 1.95. The molecule has 0 aromatic carbocycles. The number of carbonyl (C=O) groups is 1. The van der Waals surface area contributed by atoms with Crippen LogP contribution in [0.15, 0.2) is 5.38 Å². The molecule has 1 aromatic heterocycles. The smallest absolute Gasteiger partial charge is 0.241 e. The molecule has 1 fully saturated rings. The van der Waals surface area contributed by atoms with Crippen molar-refractivity contribution >= 4 is 17.2 Å². The second kappa shape index (κ2) is 5.57. The van der Waals surface area contributed by atoms with Gasteiger partial charge in [-0.3, -0.25) is 10.1 Å². The Kier molecular flexibility index (Phi) is 4.09. The minimum Gasteiger partial charge on any atom is -0.377 e. The molecule has 0 saturated carbocycles. The van der Waals surface area contributed by atoms with E-state index < -0.39 is 11.9 Å². The highest BCUT2D eigenvalue weighted by Crippen LogP contribution is 2.19. The zero-order valence-corrected chi connectivity index (χ0v) is 10.6. The third kappa shape index (κ3) is 3.24. The highest BCUT2D eigenvalue weighted by Gasteiger charge is 2.23. The second-order valence-corrected chi connectivity index (χ2v) is 5.10. The van der Waals surface area contributed by atoms with Gasteiger partial charge in [-0.15, -0.1) is 11.3 Å². The van der Waals surface area contributed by atoms with Crippen molar-refractivity contribution in [2.45, 2.75) is 31.9 Å². The van der Waals surface area contributed by atoms with E-state index in [-0.39, 0.29) is 6.10 Å². The van der Waals surface area contributed by atoms with E-state index >= 15 is 0 Å². The minimum atomic E-state index is -0.502. The predicted octanol–water partition coefficient (Wildman–Crippen LogP) is 0.747. The SMILES string of the molecule is Cc1csc(C(NCC2CCCO2)C(N)=O)n1. The summed E-state index contributed by atoms with van der Waals surface area (Å²) in [6, 6.07) is -0.502. The monoisotopic (exact) mass is 255 g/mol. The van der Waals surface area contributed by atoms with Crippen LogP contribution in [-0.4, -0.2) is 30.1 Å². The van der Waals surface area contributed by atoms with Crippen molar-refractivity contribution in [1.82, 2.24) is 10.3 Å². The van der Waals surface area contributed by atoms with Crippen LogP contribution < -0.4 is 11.1 Å². The Hall–Kier alpha value is -0.980. The van der Waals surface area contributed by atoms with Gasteiger partial charge in [0, 0.05) is 24.2 Å². The third-order valence-electron chi connectivity index (χ3n) is 2.74. The van der Waals surface area contributed by atoms with Crippen molar-refractivity contribution < 1.29 is 9.53 Å². The number of carbonyl (C=O) groups excluding carboxylic acids is 1. The zero-order chi connectivity index (χ0) is 12.3. The van der Waals surface area contributed by atoms with E-state index in [1.54, 1.807) is 0 Å². The number of nitrogens with one attached hydrogen (secondary N) is 1. The average molecular weight is 255 g/mol. The van der Waals surface area contributed by atoms with Crippen molar-refractivity contribution in [2.24, 2.45) is 5.73 Å². The van der Waals surface area contributed by atoms with Crippen molar-refractivity contribution in [3.63, 3.8) is 0 Å². The van der Waals surface area contributed by atoms with Gasteiger partial charge in [-0.1, -0.05) is 0 Å². The molecular weight excluding hydrogens is 238 g/mol. The molecular formula is C11H17N3O2S. The number of nitrogens with zero attached hydrogens (tertiary/aromatic N) is 1. The first-order chi connectivity index (χ1) is 8.16. The van der Waals surface area contributed by atoms with Crippen LogP contribution in [0.25, 0.3) is 0 Å². The number of aromatic nitrogens is 1. The Bertz CT molecular complexity index is 388. The summed E-state index contributed by atoms with van der Waals surface area (Å²) in [5.74, 6) is -0.391. The van der Waals surface area contributed by atoms with Gasteiger partial charge in [0.25, 0.3) is 0 Å². The van der Waals surface area contributed by atoms with Gasteiger partial charge in [0.1, 0.15) is 11.0 Å². The van der Waals surface area contributed by atoms with Crippen molar-refractivity contribution in [1.29, 1.82) is 0 Å². The maximum absolute atomic E-state index is 11.4. The van der Waals surface area contributed by atoms with Crippen LogP contribution >= 0.6 is 11.3 Å².